The van der Waals surface area contributed by atoms with E-state index in [2.05, 4.69) is 4.74 Å². The van der Waals surface area contributed by atoms with E-state index in [0.717, 1.165) is 0 Å². The van der Waals surface area contributed by atoms with Crippen molar-refractivity contribution in [3.05, 3.63) is 0 Å². The summed E-state index contributed by atoms with van der Waals surface area (Å²) in [4.78, 5) is 0. The van der Waals surface area contributed by atoms with Crippen LogP contribution < -0.4 is 0 Å². The molecular weight excluding hydrogens is 230 g/mol. The molecule has 13 heavy (non-hydrogen) atoms. The highest BCUT2D eigenvalue weighted by Crippen LogP contribution is 2.30. The number of ether oxygens (including phenoxy) is 1. The van der Waals surface area contributed by atoms with Crippen molar-refractivity contribution in [1.29, 1.82) is 0 Å². The highest BCUT2D eigenvalue weighted by atomic mass is 32.2. The molecule has 0 saturated heterocycles. The van der Waals surface area contributed by atoms with Crippen LogP contribution in [0.3, 0.4) is 0 Å². The third-order valence-electron chi connectivity index (χ3n) is 0.734. The SMILES string of the molecule is O=S(O)C(F)(F)C(F)OC(F)(F)F. The van der Waals surface area contributed by atoms with Crippen molar-refractivity contribution in [3.63, 3.8) is 0 Å². The lowest BCUT2D eigenvalue weighted by molar-refractivity contribution is -0.378. The number of hydrogen-bond donors (Lipinski definition) is 1. The molecule has 2 atom stereocenters. The molecule has 10 heteroatoms. The Bertz CT molecular complexity index is 202. The summed E-state index contributed by atoms with van der Waals surface area (Å²) in [5, 5.41) is -5.12. The van der Waals surface area contributed by atoms with Gasteiger partial charge in [0.2, 0.25) is 11.1 Å². The Balaban J connectivity index is 4.43. The van der Waals surface area contributed by atoms with Gasteiger partial charge in [0.25, 0.3) is 6.36 Å². The molecule has 3 nitrogen and oxygen atoms in total. The predicted molar refractivity (Wildman–Crippen MR) is 27.8 cm³/mol. The molecule has 0 radical (unpaired) electrons. The van der Waals surface area contributed by atoms with Crippen molar-refractivity contribution in [1.82, 2.24) is 0 Å². The summed E-state index contributed by atoms with van der Waals surface area (Å²) in [6, 6.07) is 0. The van der Waals surface area contributed by atoms with Crippen LogP contribution in [0.4, 0.5) is 26.3 Å². The van der Waals surface area contributed by atoms with Crippen LogP contribution in [0.5, 0.6) is 0 Å². The summed E-state index contributed by atoms with van der Waals surface area (Å²) < 4.78 is 88.6. The molecule has 0 aromatic rings. The Morgan fingerprint density at radius 1 is 1.23 bits per heavy atom. The first kappa shape index (κ1) is 12.7. The topological polar surface area (TPSA) is 46.5 Å². The average Bonchev–Trinajstić information content (AvgIpc) is 1.82. The van der Waals surface area contributed by atoms with E-state index in [0.29, 0.717) is 0 Å². The Hall–Kier alpha value is -0.350. The largest absolute Gasteiger partial charge is 0.525 e. The summed E-state index contributed by atoms with van der Waals surface area (Å²) in [7, 11) is 0. The van der Waals surface area contributed by atoms with Gasteiger partial charge in [0.1, 0.15) is 0 Å². The van der Waals surface area contributed by atoms with Crippen LogP contribution in [0, 0.1) is 0 Å². The van der Waals surface area contributed by atoms with Gasteiger partial charge < -0.3 is 4.55 Å². The molecule has 0 saturated carbocycles. The normalized spacial score (nSPS) is 18.4. The molecule has 0 rings (SSSR count). The van der Waals surface area contributed by atoms with Crippen molar-refractivity contribution >= 4 is 11.1 Å². The van der Waals surface area contributed by atoms with Crippen LogP contribution in [0.2, 0.25) is 0 Å². The number of alkyl halides is 6. The second-order valence-electron chi connectivity index (χ2n) is 1.69. The van der Waals surface area contributed by atoms with Crippen LogP contribution >= 0.6 is 0 Å². The van der Waals surface area contributed by atoms with Gasteiger partial charge >= 0.3 is 11.6 Å². The Morgan fingerprint density at radius 2 is 1.62 bits per heavy atom. The average molecular weight is 232 g/mol. The standard InChI is InChI=1S/C3H2F6O3S/c4-1(12-3(7,8)9)2(5,6)13(10)11/h1H,(H,10,11). The first-order valence-electron chi connectivity index (χ1n) is 2.44. The van der Waals surface area contributed by atoms with E-state index < -0.39 is 29.1 Å². The summed E-state index contributed by atoms with van der Waals surface area (Å²) >= 11 is -4.07. The highest BCUT2D eigenvalue weighted by Gasteiger charge is 2.52. The molecule has 0 aromatic heterocycles. The summed E-state index contributed by atoms with van der Waals surface area (Å²) in [5.41, 5.74) is 0. The molecule has 0 bridgehead atoms. The molecule has 2 unspecified atom stereocenters. The molecule has 1 N–H and O–H groups in total. The maximum atomic E-state index is 11.9. The van der Waals surface area contributed by atoms with Crippen LogP contribution in [0.1, 0.15) is 0 Å². The lowest BCUT2D eigenvalue weighted by Crippen LogP contribution is -2.39. The first-order valence-corrected chi connectivity index (χ1v) is 3.55. The quantitative estimate of drug-likeness (QED) is 0.594. The highest BCUT2D eigenvalue weighted by molar-refractivity contribution is 7.80. The molecule has 0 aliphatic carbocycles. The van der Waals surface area contributed by atoms with Gasteiger partial charge in [-0.05, 0) is 0 Å². The molecule has 0 heterocycles. The molecule has 0 amide bonds. The van der Waals surface area contributed by atoms with Gasteiger partial charge in [0.05, 0.1) is 0 Å². The van der Waals surface area contributed by atoms with Crippen LogP contribution in [0.25, 0.3) is 0 Å². The lowest BCUT2D eigenvalue weighted by Gasteiger charge is -2.17. The third kappa shape index (κ3) is 3.91. The summed E-state index contributed by atoms with van der Waals surface area (Å²) in [5.74, 6) is 0. The molecule has 0 aliphatic heterocycles. The van der Waals surface area contributed by atoms with Crippen molar-refractivity contribution in [2.45, 2.75) is 18.0 Å². The van der Waals surface area contributed by atoms with Crippen molar-refractivity contribution in [2.24, 2.45) is 0 Å². The monoisotopic (exact) mass is 232 g/mol. The molecule has 0 aliphatic rings. The van der Waals surface area contributed by atoms with E-state index in [1.165, 1.54) is 0 Å². The van der Waals surface area contributed by atoms with Gasteiger partial charge in [0.15, 0.2) is 0 Å². The van der Waals surface area contributed by atoms with Gasteiger partial charge in [0, 0.05) is 0 Å². The van der Waals surface area contributed by atoms with Crippen LogP contribution in [-0.4, -0.2) is 26.7 Å². The number of halogens is 6. The predicted octanol–water partition coefficient (Wildman–Crippen LogP) is 1.63. The van der Waals surface area contributed by atoms with Crippen molar-refractivity contribution in [3.8, 4) is 0 Å². The Labute approximate surface area is 70.0 Å². The Morgan fingerprint density at radius 3 is 1.85 bits per heavy atom. The van der Waals surface area contributed by atoms with Gasteiger partial charge in [-0.2, -0.15) is 8.78 Å². The molecule has 0 aromatic carbocycles. The molecule has 0 spiro atoms. The van der Waals surface area contributed by atoms with Gasteiger partial charge in [-0.1, -0.05) is 0 Å². The molecule has 0 fully saturated rings. The number of hydrogen-bond acceptors (Lipinski definition) is 2. The van der Waals surface area contributed by atoms with Crippen molar-refractivity contribution in [2.75, 3.05) is 0 Å². The van der Waals surface area contributed by atoms with Gasteiger partial charge in [-0.3, -0.25) is 0 Å². The summed E-state index contributed by atoms with van der Waals surface area (Å²) in [6.07, 6.45) is -9.85. The van der Waals surface area contributed by atoms with Crippen LogP contribution in [-0.2, 0) is 15.8 Å². The van der Waals surface area contributed by atoms with E-state index in [-0.39, 0.29) is 0 Å². The van der Waals surface area contributed by atoms with E-state index in [1.54, 1.807) is 0 Å². The minimum absolute atomic E-state index is 2.19. The second-order valence-corrected chi connectivity index (χ2v) is 2.73. The Kier molecular flexibility index (Phi) is 3.70. The lowest BCUT2D eigenvalue weighted by atomic mass is 10.7. The van der Waals surface area contributed by atoms with Crippen LogP contribution in [0.15, 0.2) is 0 Å². The van der Waals surface area contributed by atoms with E-state index in [1.807, 2.05) is 0 Å². The fraction of sp³-hybridized carbons (Fsp3) is 1.00. The zero-order valence-corrected chi connectivity index (χ0v) is 6.33. The molecular formula is C3H2F6O3S. The summed E-state index contributed by atoms with van der Waals surface area (Å²) in [6.45, 7) is 0. The fourth-order valence-electron chi connectivity index (χ4n) is 0.265. The maximum Gasteiger partial charge on any atom is 0.525 e. The first-order chi connectivity index (χ1) is 5.57. The van der Waals surface area contributed by atoms with Crippen molar-refractivity contribution < 1.29 is 39.8 Å². The van der Waals surface area contributed by atoms with E-state index in [4.69, 9.17) is 4.55 Å². The van der Waals surface area contributed by atoms with E-state index >= 15 is 0 Å². The minimum Gasteiger partial charge on any atom is -0.301 e. The van der Waals surface area contributed by atoms with E-state index in [9.17, 15) is 30.6 Å². The second kappa shape index (κ2) is 3.80. The fourth-order valence-corrected chi connectivity index (χ4v) is 0.472. The number of rotatable bonds is 3. The minimum atomic E-state index is -5.64. The smallest absolute Gasteiger partial charge is 0.301 e. The third-order valence-corrected chi connectivity index (χ3v) is 1.39. The zero-order valence-electron chi connectivity index (χ0n) is 5.52. The maximum absolute atomic E-state index is 11.9. The molecule has 80 valence electrons. The van der Waals surface area contributed by atoms with Gasteiger partial charge in [-0.15, -0.1) is 13.2 Å². The van der Waals surface area contributed by atoms with Gasteiger partial charge in [-0.25, -0.2) is 13.3 Å². The zero-order chi connectivity index (χ0) is 10.9.